The molecule has 1 fully saturated rings. The molecule has 2 aromatic heterocycles. The Morgan fingerprint density at radius 3 is 2.63 bits per heavy atom. The van der Waals surface area contributed by atoms with Crippen molar-refractivity contribution in [1.29, 1.82) is 0 Å². The minimum atomic E-state index is 0. The highest BCUT2D eigenvalue weighted by Crippen LogP contribution is 2.15. The molecule has 0 radical (unpaired) electrons. The van der Waals surface area contributed by atoms with Gasteiger partial charge < -0.3 is 19.6 Å². The number of hydrogen-bond acceptors (Lipinski definition) is 5. The molecule has 1 saturated heterocycles. The van der Waals surface area contributed by atoms with E-state index in [-0.39, 0.29) is 24.0 Å². The fourth-order valence-electron chi connectivity index (χ4n) is 2.94. The van der Waals surface area contributed by atoms with E-state index in [2.05, 4.69) is 52.1 Å². The molecule has 0 unspecified atom stereocenters. The standard InChI is InChI=1S/C19H28N6O.HI/c1-4-20-19(22-14-16-13-17(15(2)3)23-26-16)25-11-9-24(10-12-25)18-7-5-6-8-21-18;/h5-8,13,15H,4,9-12,14H2,1-3H3,(H,20,22);1H. The van der Waals surface area contributed by atoms with Gasteiger partial charge in [-0.05, 0) is 25.0 Å². The van der Waals surface area contributed by atoms with Gasteiger partial charge in [-0.25, -0.2) is 9.98 Å². The van der Waals surface area contributed by atoms with Gasteiger partial charge in [0.25, 0.3) is 0 Å². The zero-order chi connectivity index (χ0) is 18.4. The number of aromatic nitrogens is 2. The average Bonchev–Trinajstić information content (AvgIpc) is 3.15. The van der Waals surface area contributed by atoms with E-state index in [4.69, 9.17) is 9.52 Å². The summed E-state index contributed by atoms with van der Waals surface area (Å²) in [6.07, 6.45) is 1.84. The van der Waals surface area contributed by atoms with Crippen LogP contribution in [0.2, 0.25) is 0 Å². The zero-order valence-corrected chi connectivity index (χ0v) is 18.6. The van der Waals surface area contributed by atoms with Gasteiger partial charge >= 0.3 is 0 Å². The van der Waals surface area contributed by atoms with Gasteiger partial charge in [-0.3, -0.25) is 0 Å². The summed E-state index contributed by atoms with van der Waals surface area (Å²) >= 11 is 0. The van der Waals surface area contributed by atoms with Crippen molar-refractivity contribution in [2.75, 3.05) is 37.6 Å². The topological polar surface area (TPSA) is 69.8 Å². The van der Waals surface area contributed by atoms with Crippen molar-refractivity contribution in [2.24, 2.45) is 4.99 Å². The van der Waals surface area contributed by atoms with Crippen molar-refractivity contribution < 1.29 is 4.52 Å². The number of rotatable bonds is 5. The second-order valence-corrected chi connectivity index (χ2v) is 6.70. The van der Waals surface area contributed by atoms with Crippen LogP contribution in [0.5, 0.6) is 0 Å². The summed E-state index contributed by atoms with van der Waals surface area (Å²) in [6.45, 7) is 11.3. The van der Waals surface area contributed by atoms with Crippen LogP contribution in [0.4, 0.5) is 5.82 Å². The van der Waals surface area contributed by atoms with Crippen molar-refractivity contribution in [3.05, 3.63) is 41.9 Å². The molecule has 0 spiro atoms. The lowest BCUT2D eigenvalue weighted by atomic mass is 10.1. The van der Waals surface area contributed by atoms with Gasteiger partial charge in [0, 0.05) is 45.0 Å². The number of piperazine rings is 1. The minimum Gasteiger partial charge on any atom is -0.359 e. The minimum absolute atomic E-state index is 0. The number of aliphatic imine (C=N–C) groups is 1. The molecule has 1 N–H and O–H groups in total. The molecule has 0 amide bonds. The lowest BCUT2D eigenvalue weighted by molar-refractivity contribution is 0.363. The molecule has 2 aromatic rings. The summed E-state index contributed by atoms with van der Waals surface area (Å²) in [6, 6.07) is 8.04. The summed E-state index contributed by atoms with van der Waals surface area (Å²) in [7, 11) is 0. The highest BCUT2D eigenvalue weighted by Gasteiger charge is 2.20. The largest absolute Gasteiger partial charge is 0.359 e. The molecule has 3 heterocycles. The maximum absolute atomic E-state index is 5.40. The lowest BCUT2D eigenvalue weighted by Gasteiger charge is -2.37. The number of anilines is 1. The Morgan fingerprint density at radius 2 is 2.04 bits per heavy atom. The Hall–Kier alpha value is -1.84. The number of halogens is 1. The molecule has 8 heteroatoms. The number of hydrogen-bond donors (Lipinski definition) is 1. The molecule has 1 aliphatic rings. The van der Waals surface area contributed by atoms with E-state index < -0.39 is 0 Å². The predicted octanol–water partition coefficient (Wildman–Crippen LogP) is 3.10. The van der Waals surface area contributed by atoms with Crippen molar-refractivity contribution in [3.8, 4) is 0 Å². The predicted molar refractivity (Wildman–Crippen MR) is 119 cm³/mol. The molecule has 3 rings (SSSR count). The fourth-order valence-corrected chi connectivity index (χ4v) is 2.94. The Morgan fingerprint density at radius 1 is 1.26 bits per heavy atom. The van der Waals surface area contributed by atoms with Gasteiger partial charge in [0.1, 0.15) is 12.4 Å². The van der Waals surface area contributed by atoms with Crippen LogP contribution < -0.4 is 10.2 Å². The molecular formula is C19H29IN6O. The molecule has 7 nitrogen and oxygen atoms in total. The third-order valence-electron chi connectivity index (χ3n) is 4.44. The molecule has 27 heavy (non-hydrogen) atoms. The summed E-state index contributed by atoms with van der Waals surface area (Å²) in [5.41, 5.74) is 0.976. The fraction of sp³-hybridized carbons (Fsp3) is 0.526. The van der Waals surface area contributed by atoms with Crippen molar-refractivity contribution in [1.82, 2.24) is 20.4 Å². The number of nitrogens with zero attached hydrogens (tertiary/aromatic N) is 5. The third-order valence-corrected chi connectivity index (χ3v) is 4.44. The average molecular weight is 484 g/mol. The Balaban J connectivity index is 0.00000261. The van der Waals surface area contributed by atoms with E-state index in [0.29, 0.717) is 12.5 Å². The molecule has 0 atom stereocenters. The maximum Gasteiger partial charge on any atom is 0.194 e. The van der Waals surface area contributed by atoms with Crippen LogP contribution in [0.1, 0.15) is 38.1 Å². The van der Waals surface area contributed by atoms with Crippen LogP contribution in [0.15, 0.2) is 40.0 Å². The number of nitrogens with one attached hydrogen (secondary N) is 1. The van der Waals surface area contributed by atoms with Crippen LogP contribution >= 0.6 is 24.0 Å². The van der Waals surface area contributed by atoms with Gasteiger partial charge in [-0.15, -0.1) is 24.0 Å². The monoisotopic (exact) mass is 484 g/mol. The first kappa shape index (κ1) is 21.5. The summed E-state index contributed by atoms with van der Waals surface area (Å²) < 4.78 is 5.40. The number of guanidine groups is 1. The summed E-state index contributed by atoms with van der Waals surface area (Å²) in [5.74, 6) is 3.13. The van der Waals surface area contributed by atoms with Crippen LogP contribution in [0.3, 0.4) is 0 Å². The van der Waals surface area contributed by atoms with Crippen LogP contribution in [0, 0.1) is 0 Å². The van der Waals surface area contributed by atoms with Crippen molar-refractivity contribution in [3.63, 3.8) is 0 Å². The second kappa shape index (κ2) is 10.5. The molecule has 0 aromatic carbocycles. The molecule has 0 bridgehead atoms. The summed E-state index contributed by atoms with van der Waals surface area (Å²) in [5, 5.41) is 7.49. The van der Waals surface area contributed by atoms with Crippen LogP contribution in [-0.2, 0) is 6.54 Å². The van der Waals surface area contributed by atoms with E-state index in [1.54, 1.807) is 0 Å². The second-order valence-electron chi connectivity index (χ2n) is 6.70. The first-order chi connectivity index (χ1) is 12.7. The smallest absolute Gasteiger partial charge is 0.194 e. The van der Waals surface area contributed by atoms with Crippen LogP contribution in [0.25, 0.3) is 0 Å². The van der Waals surface area contributed by atoms with Gasteiger partial charge in [0.05, 0.1) is 5.69 Å². The van der Waals surface area contributed by atoms with Gasteiger partial charge in [0.2, 0.25) is 0 Å². The highest BCUT2D eigenvalue weighted by atomic mass is 127. The molecule has 148 valence electrons. The highest BCUT2D eigenvalue weighted by molar-refractivity contribution is 14.0. The lowest BCUT2D eigenvalue weighted by Crippen LogP contribution is -2.52. The third kappa shape index (κ3) is 5.82. The molecular weight excluding hydrogens is 455 g/mol. The number of pyridine rings is 1. The first-order valence-corrected chi connectivity index (χ1v) is 9.32. The molecule has 0 aliphatic carbocycles. The van der Waals surface area contributed by atoms with Crippen LogP contribution in [-0.4, -0.2) is 53.7 Å². The van der Waals surface area contributed by atoms with E-state index in [9.17, 15) is 0 Å². The zero-order valence-electron chi connectivity index (χ0n) is 16.3. The Kier molecular flexibility index (Phi) is 8.33. The van der Waals surface area contributed by atoms with Crippen molar-refractivity contribution in [2.45, 2.75) is 33.2 Å². The SMILES string of the molecule is CCNC(=NCc1cc(C(C)C)no1)N1CCN(c2ccccn2)CC1.I. The van der Waals surface area contributed by atoms with Crippen molar-refractivity contribution >= 4 is 35.8 Å². The first-order valence-electron chi connectivity index (χ1n) is 9.32. The van der Waals surface area contributed by atoms with Gasteiger partial charge in [-0.2, -0.15) is 0 Å². The van der Waals surface area contributed by atoms with Gasteiger partial charge in [0.15, 0.2) is 11.7 Å². The van der Waals surface area contributed by atoms with E-state index in [1.165, 1.54) is 0 Å². The maximum atomic E-state index is 5.40. The Bertz CT molecular complexity index is 710. The quantitative estimate of drug-likeness (QED) is 0.400. The Labute approximate surface area is 178 Å². The summed E-state index contributed by atoms with van der Waals surface area (Å²) in [4.78, 5) is 13.8. The van der Waals surface area contributed by atoms with E-state index in [0.717, 1.165) is 56.0 Å². The van der Waals surface area contributed by atoms with Gasteiger partial charge in [-0.1, -0.05) is 25.1 Å². The normalized spacial score (nSPS) is 15.0. The van der Waals surface area contributed by atoms with E-state index >= 15 is 0 Å². The van der Waals surface area contributed by atoms with E-state index in [1.807, 2.05) is 24.4 Å². The molecule has 1 aliphatic heterocycles. The molecule has 0 saturated carbocycles.